The molecule has 0 amide bonds. The molecule has 7 atom stereocenters. The molecule has 1 heterocycles. The van der Waals surface area contributed by atoms with Crippen molar-refractivity contribution in [2.45, 2.75) is 77.7 Å². The van der Waals surface area contributed by atoms with E-state index in [1.807, 2.05) is 0 Å². The summed E-state index contributed by atoms with van der Waals surface area (Å²) in [6, 6.07) is 0. The molecule has 9 heteroatoms. The van der Waals surface area contributed by atoms with Gasteiger partial charge in [-0.2, -0.15) is 0 Å². The maximum absolute atomic E-state index is 13.3. The van der Waals surface area contributed by atoms with Gasteiger partial charge >= 0.3 is 11.9 Å². The first-order chi connectivity index (χ1) is 17.0. The van der Waals surface area contributed by atoms with E-state index in [0.29, 0.717) is 48.4 Å². The quantitative estimate of drug-likeness (QED) is 0.393. The summed E-state index contributed by atoms with van der Waals surface area (Å²) >= 11 is 0. The second kappa shape index (κ2) is 10.4. The molecule has 9 nitrogen and oxygen atoms in total. The largest absolute Gasteiger partial charge is 0.478 e. The first-order valence-corrected chi connectivity index (χ1v) is 13.2. The fourth-order valence-electron chi connectivity index (χ4n) is 7.60. The van der Waals surface area contributed by atoms with Crippen LogP contribution in [0.1, 0.15) is 71.6 Å². The lowest BCUT2D eigenvalue weighted by Gasteiger charge is -2.58. The molecule has 0 spiro atoms. The molecular weight excluding hydrogens is 464 g/mol. The molecule has 3 N–H and O–H groups in total. The normalized spacial score (nSPS) is 40.7. The van der Waals surface area contributed by atoms with Crippen LogP contribution in [0.5, 0.6) is 0 Å². The molecule has 5 fully saturated rings. The van der Waals surface area contributed by atoms with Gasteiger partial charge in [0, 0.05) is 49.3 Å². The van der Waals surface area contributed by atoms with Gasteiger partial charge in [-0.1, -0.05) is 19.0 Å². The summed E-state index contributed by atoms with van der Waals surface area (Å²) in [6.45, 7) is 6.47. The molecular formula is C27H38N2O7. The second-order valence-electron chi connectivity index (χ2n) is 11.6. The molecule has 0 aromatic carbocycles. The number of aliphatic carboxylic acids is 2. The lowest BCUT2D eigenvalue weighted by molar-refractivity contribution is -0.154. The van der Waals surface area contributed by atoms with Crippen LogP contribution in [0.2, 0.25) is 0 Å². The number of ketones is 2. The van der Waals surface area contributed by atoms with E-state index >= 15 is 0 Å². The molecule has 1 saturated heterocycles. The summed E-state index contributed by atoms with van der Waals surface area (Å²) in [6.07, 6.45) is 9.65. The number of Topliss-reactive ketones (excluding diaryl/α,β-unsaturated/α-hetero) is 2. The predicted molar refractivity (Wildman–Crippen MR) is 131 cm³/mol. The molecule has 0 aromatic heterocycles. The van der Waals surface area contributed by atoms with Crippen molar-refractivity contribution in [2.75, 3.05) is 13.1 Å². The third-order valence-corrected chi connectivity index (χ3v) is 9.73. The molecule has 0 aromatic rings. The highest BCUT2D eigenvalue weighted by atomic mass is 16.6. The fraction of sp³-hybridized carbons (Fsp3) is 0.741. The summed E-state index contributed by atoms with van der Waals surface area (Å²) < 4.78 is 0. The molecule has 1 unspecified atom stereocenters. The number of nitrogens with zero attached hydrogens (tertiary/aromatic N) is 1. The minimum Gasteiger partial charge on any atom is -0.478 e. The Hall–Kier alpha value is -2.55. The topological polar surface area (TPSA) is 142 Å². The first kappa shape index (κ1) is 26.5. The van der Waals surface area contributed by atoms with Crippen molar-refractivity contribution in [2.24, 2.45) is 39.7 Å². The minimum atomic E-state index is -1.26. The van der Waals surface area contributed by atoms with E-state index in [9.17, 15) is 19.2 Å². The number of carbonyl (C=O) groups excluding carboxylic acids is 2. The van der Waals surface area contributed by atoms with Gasteiger partial charge in [0.25, 0.3) is 0 Å². The van der Waals surface area contributed by atoms with Gasteiger partial charge in [-0.05, 0) is 68.2 Å². The zero-order valence-corrected chi connectivity index (χ0v) is 21.2. The third-order valence-electron chi connectivity index (χ3n) is 9.73. The van der Waals surface area contributed by atoms with Crippen LogP contribution in [0.3, 0.4) is 0 Å². The Morgan fingerprint density at radius 1 is 1.00 bits per heavy atom. The monoisotopic (exact) mass is 502 g/mol. The molecule has 198 valence electrons. The zero-order valence-electron chi connectivity index (χ0n) is 21.2. The van der Waals surface area contributed by atoms with Gasteiger partial charge in [0.1, 0.15) is 17.7 Å². The van der Waals surface area contributed by atoms with E-state index < -0.39 is 11.9 Å². The number of carboxylic acid groups (broad SMARTS) is 2. The SMILES string of the molecule is C[C@]12CC/C(=N\O[C@@H]3CCNC3)CC1CC(=O)[C@@H]1[C@@H]2CC[C@]2(C)C(=O)CC[C@@H]12.O=C(O)/C=C/C(=O)O. The standard InChI is InChI=1S/C23H34N2O3.C4H4O4/c1-22-8-5-15(25-28-16-7-10-24-13-16)11-14(22)12-19(26)21-17-3-4-20(27)23(17,2)9-6-18(21)22;5-3(6)1-2-4(7)8/h14,16-18,21,24H,3-13H2,1-2H3;1-2H,(H,5,6)(H,7,8)/b25-15+;2-1+/t14?,16-,17+,18+,21+,22+,23+;/m1./s1. The van der Waals surface area contributed by atoms with Crippen LogP contribution < -0.4 is 5.32 Å². The van der Waals surface area contributed by atoms with E-state index in [4.69, 9.17) is 15.1 Å². The molecule has 1 aliphatic heterocycles. The van der Waals surface area contributed by atoms with Crippen molar-refractivity contribution in [3.8, 4) is 0 Å². The van der Waals surface area contributed by atoms with Crippen LogP contribution in [0, 0.1) is 34.5 Å². The molecule has 5 aliphatic rings. The molecule has 4 aliphatic carbocycles. The maximum Gasteiger partial charge on any atom is 0.328 e. The van der Waals surface area contributed by atoms with Crippen LogP contribution in [0.25, 0.3) is 0 Å². The maximum atomic E-state index is 13.3. The number of hydrogen-bond acceptors (Lipinski definition) is 7. The smallest absolute Gasteiger partial charge is 0.328 e. The Labute approximate surface area is 211 Å². The van der Waals surface area contributed by atoms with Gasteiger partial charge in [0.05, 0.1) is 5.71 Å². The van der Waals surface area contributed by atoms with E-state index in [0.717, 1.165) is 63.7 Å². The van der Waals surface area contributed by atoms with Crippen molar-refractivity contribution in [3.05, 3.63) is 12.2 Å². The van der Waals surface area contributed by atoms with Gasteiger partial charge in [0.15, 0.2) is 0 Å². The van der Waals surface area contributed by atoms with Gasteiger partial charge in [-0.15, -0.1) is 0 Å². The van der Waals surface area contributed by atoms with Crippen LogP contribution in [0.4, 0.5) is 0 Å². The summed E-state index contributed by atoms with van der Waals surface area (Å²) in [4.78, 5) is 50.7. The molecule has 36 heavy (non-hydrogen) atoms. The Morgan fingerprint density at radius 3 is 2.36 bits per heavy atom. The van der Waals surface area contributed by atoms with E-state index in [1.165, 1.54) is 0 Å². The van der Waals surface area contributed by atoms with Crippen LogP contribution in [-0.2, 0) is 24.0 Å². The van der Waals surface area contributed by atoms with E-state index in [2.05, 4.69) is 24.3 Å². The molecule has 0 radical (unpaired) electrons. The van der Waals surface area contributed by atoms with Crippen molar-refractivity contribution < 1.29 is 34.2 Å². The van der Waals surface area contributed by atoms with E-state index in [1.54, 1.807) is 0 Å². The third kappa shape index (κ3) is 5.12. The number of rotatable bonds is 4. The number of nitrogens with one attached hydrogen (secondary N) is 1. The highest BCUT2D eigenvalue weighted by molar-refractivity contribution is 5.92. The van der Waals surface area contributed by atoms with Crippen molar-refractivity contribution in [3.63, 3.8) is 0 Å². The van der Waals surface area contributed by atoms with Crippen LogP contribution in [-0.4, -0.2) is 58.6 Å². The summed E-state index contributed by atoms with van der Waals surface area (Å²) in [5.74, 6) is -0.430. The summed E-state index contributed by atoms with van der Waals surface area (Å²) in [7, 11) is 0. The minimum absolute atomic E-state index is 0.116. The van der Waals surface area contributed by atoms with Gasteiger partial charge < -0.3 is 20.4 Å². The van der Waals surface area contributed by atoms with Crippen molar-refractivity contribution in [1.82, 2.24) is 5.32 Å². The summed E-state index contributed by atoms with van der Waals surface area (Å²) in [5.41, 5.74) is 1.13. The average molecular weight is 503 g/mol. The lowest BCUT2D eigenvalue weighted by atomic mass is 9.45. The number of carboxylic acids is 2. The highest BCUT2D eigenvalue weighted by Gasteiger charge is 2.62. The van der Waals surface area contributed by atoms with Crippen molar-refractivity contribution in [1.29, 1.82) is 0 Å². The molecule has 5 rings (SSSR count). The number of carbonyl (C=O) groups is 4. The first-order valence-electron chi connectivity index (χ1n) is 13.2. The molecule has 4 saturated carbocycles. The van der Waals surface area contributed by atoms with Crippen LogP contribution in [0.15, 0.2) is 17.3 Å². The number of fused-ring (bicyclic) bond motifs is 5. The lowest BCUT2D eigenvalue weighted by Crippen LogP contribution is -2.57. The number of hydrogen-bond donors (Lipinski definition) is 3. The van der Waals surface area contributed by atoms with E-state index in [-0.39, 0.29) is 28.8 Å². The second-order valence-corrected chi connectivity index (χ2v) is 11.6. The highest BCUT2D eigenvalue weighted by Crippen LogP contribution is 2.64. The van der Waals surface area contributed by atoms with Gasteiger partial charge in [0.2, 0.25) is 0 Å². The Morgan fingerprint density at radius 2 is 1.72 bits per heavy atom. The Bertz CT molecular complexity index is 953. The zero-order chi connectivity index (χ0) is 26.1. The van der Waals surface area contributed by atoms with Crippen molar-refractivity contribution >= 4 is 29.2 Å². The van der Waals surface area contributed by atoms with Gasteiger partial charge in [-0.25, -0.2) is 9.59 Å². The molecule has 0 bridgehead atoms. The van der Waals surface area contributed by atoms with Crippen LogP contribution >= 0.6 is 0 Å². The predicted octanol–water partition coefficient (Wildman–Crippen LogP) is 3.22. The van der Waals surface area contributed by atoms with Gasteiger partial charge in [-0.3, -0.25) is 9.59 Å². The average Bonchev–Trinajstić information content (AvgIpc) is 3.45. The Kier molecular flexibility index (Phi) is 7.69. The fourth-order valence-corrected chi connectivity index (χ4v) is 7.60. The Balaban J connectivity index is 0.000000331. The number of oxime groups is 1. The summed E-state index contributed by atoms with van der Waals surface area (Å²) in [5, 5.41) is 23.4.